The summed E-state index contributed by atoms with van der Waals surface area (Å²) in [7, 11) is 0. The molecule has 0 aromatic heterocycles. The van der Waals surface area contributed by atoms with Crippen LogP contribution in [0.2, 0.25) is 0 Å². The second-order valence-corrected chi connectivity index (χ2v) is 6.06. The van der Waals surface area contributed by atoms with E-state index in [1.54, 1.807) is 18.3 Å². The summed E-state index contributed by atoms with van der Waals surface area (Å²) >= 11 is 0. The van der Waals surface area contributed by atoms with Gasteiger partial charge in [0.25, 0.3) is 0 Å². The van der Waals surface area contributed by atoms with E-state index >= 15 is 0 Å². The molecular formula is C21H26N2O2. The van der Waals surface area contributed by atoms with E-state index in [1.165, 1.54) is 5.69 Å². The Kier molecular flexibility index (Phi) is 7.20. The van der Waals surface area contributed by atoms with Gasteiger partial charge in [0.1, 0.15) is 0 Å². The smallest absolute Gasteiger partial charge is 0.365 e. The predicted molar refractivity (Wildman–Crippen MR) is 103 cm³/mol. The van der Waals surface area contributed by atoms with Crippen molar-refractivity contribution in [1.29, 1.82) is 0 Å². The van der Waals surface area contributed by atoms with Gasteiger partial charge in [0, 0.05) is 18.8 Å². The number of anilines is 1. The van der Waals surface area contributed by atoms with Crippen LogP contribution >= 0.6 is 0 Å². The van der Waals surface area contributed by atoms with Crippen LogP contribution in [0.1, 0.15) is 48.2 Å². The summed E-state index contributed by atoms with van der Waals surface area (Å²) in [5.41, 5.74) is 3.69. The number of aryl methyl sites for hydroxylation is 1. The third kappa shape index (κ3) is 5.75. The predicted octanol–water partition coefficient (Wildman–Crippen LogP) is 4.81. The lowest BCUT2D eigenvalue weighted by atomic mass is 10.2. The van der Waals surface area contributed by atoms with Gasteiger partial charge in [0.15, 0.2) is 0 Å². The Morgan fingerprint density at radius 3 is 2.16 bits per heavy atom. The van der Waals surface area contributed by atoms with Crippen LogP contribution in [0.4, 0.5) is 5.69 Å². The molecule has 0 amide bonds. The molecule has 0 N–H and O–H groups in total. The van der Waals surface area contributed by atoms with Crippen LogP contribution in [-0.2, 0) is 4.84 Å². The first-order chi connectivity index (χ1) is 12.1. The van der Waals surface area contributed by atoms with Crippen LogP contribution in [-0.4, -0.2) is 25.3 Å². The molecule has 0 aliphatic heterocycles. The first kappa shape index (κ1) is 18.7. The molecule has 0 unspecified atom stereocenters. The largest absolute Gasteiger partial charge is 0.372 e. The fourth-order valence-corrected chi connectivity index (χ4v) is 2.56. The second-order valence-electron chi connectivity index (χ2n) is 6.06. The number of benzene rings is 2. The first-order valence-electron chi connectivity index (χ1n) is 8.80. The number of rotatable bonds is 8. The zero-order valence-corrected chi connectivity index (χ0v) is 15.2. The summed E-state index contributed by atoms with van der Waals surface area (Å²) < 4.78 is 0. The Labute approximate surface area is 150 Å². The van der Waals surface area contributed by atoms with Crippen molar-refractivity contribution in [3.05, 3.63) is 65.2 Å². The van der Waals surface area contributed by atoms with Crippen LogP contribution < -0.4 is 4.90 Å². The number of carbonyl (C=O) groups excluding carboxylic acids is 1. The Balaban J connectivity index is 1.94. The minimum Gasteiger partial charge on any atom is -0.372 e. The van der Waals surface area contributed by atoms with Gasteiger partial charge in [0.05, 0.1) is 11.8 Å². The van der Waals surface area contributed by atoms with Gasteiger partial charge in [-0.15, -0.1) is 0 Å². The lowest BCUT2D eigenvalue weighted by Crippen LogP contribution is -2.24. The molecule has 0 bridgehead atoms. The van der Waals surface area contributed by atoms with E-state index in [2.05, 4.69) is 36.0 Å². The quantitative estimate of drug-likeness (QED) is 0.394. The summed E-state index contributed by atoms with van der Waals surface area (Å²) in [6.07, 6.45) is 3.80. The molecule has 0 atom stereocenters. The fraction of sp³-hybridized carbons (Fsp3) is 0.333. The number of nitrogens with zero attached hydrogens (tertiary/aromatic N) is 2. The minimum atomic E-state index is -0.454. The van der Waals surface area contributed by atoms with E-state index in [0.717, 1.165) is 37.1 Å². The zero-order chi connectivity index (χ0) is 18.1. The van der Waals surface area contributed by atoms with Gasteiger partial charge in [-0.05, 0) is 49.6 Å². The number of oxime groups is 1. The zero-order valence-electron chi connectivity index (χ0n) is 15.2. The lowest BCUT2D eigenvalue weighted by molar-refractivity contribution is 0.0519. The molecule has 0 saturated carbocycles. The highest BCUT2D eigenvalue weighted by molar-refractivity contribution is 5.90. The number of carbonyl (C=O) groups is 1. The first-order valence-corrected chi connectivity index (χ1v) is 8.80. The Morgan fingerprint density at radius 1 is 1.00 bits per heavy atom. The van der Waals surface area contributed by atoms with E-state index in [9.17, 15) is 4.79 Å². The molecular weight excluding hydrogens is 312 g/mol. The van der Waals surface area contributed by atoms with Crippen molar-refractivity contribution in [3.63, 3.8) is 0 Å². The van der Waals surface area contributed by atoms with Crippen LogP contribution in [0.5, 0.6) is 0 Å². The summed E-state index contributed by atoms with van der Waals surface area (Å²) in [6.45, 7) is 8.45. The van der Waals surface area contributed by atoms with E-state index < -0.39 is 5.97 Å². The van der Waals surface area contributed by atoms with Crippen LogP contribution in [0.3, 0.4) is 0 Å². The fourth-order valence-electron chi connectivity index (χ4n) is 2.56. The molecule has 4 nitrogen and oxygen atoms in total. The van der Waals surface area contributed by atoms with Gasteiger partial charge in [-0.2, -0.15) is 0 Å². The molecule has 2 aromatic carbocycles. The highest BCUT2D eigenvalue weighted by atomic mass is 16.7. The molecule has 2 rings (SSSR count). The molecule has 0 saturated heterocycles. The molecule has 0 fully saturated rings. The summed E-state index contributed by atoms with van der Waals surface area (Å²) in [6, 6.07) is 15.3. The molecule has 4 heteroatoms. The van der Waals surface area contributed by atoms with Crippen molar-refractivity contribution in [1.82, 2.24) is 0 Å². The maximum Gasteiger partial charge on any atom is 0.365 e. The highest BCUT2D eigenvalue weighted by Gasteiger charge is 2.06. The summed E-state index contributed by atoms with van der Waals surface area (Å²) in [5, 5.41) is 3.80. The summed E-state index contributed by atoms with van der Waals surface area (Å²) in [4.78, 5) is 19.2. The molecule has 2 aromatic rings. The van der Waals surface area contributed by atoms with Gasteiger partial charge in [-0.1, -0.05) is 48.8 Å². The van der Waals surface area contributed by atoms with Crippen LogP contribution in [0, 0.1) is 6.92 Å². The van der Waals surface area contributed by atoms with Crippen molar-refractivity contribution in [3.8, 4) is 0 Å². The van der Waals surface area contributed by atoms with Gasteiger partial charge in [-0.25, -0.2) is 4.79 Å². The van der Waals surface area contributed by atoms with Gasteiger partial charge in [0.2, 0.25) is 0 Å². The van der Waals surface area contributed by atoms with Crippen molar-refractivity contribution in [2.45, 2.75) is 33.6 Å². The molecule has 0 aliphatic carbocycles. The average Bonchev–Trinajstić information content (AvgIpc) is 2.62. The molecule has 132 valence electrons. The molecule has 0 heterocycles. The Morgan fingerprint density at radius 2 is 1.60 bits per heavy atom. The van der Waals surface area contributed by atoms with Crippen LogP contribution in [0.25, 0.3) is 0 Å². The van der Waals surface area contributed by atoms with E-state index in [1.807, 2.05) is 31.2 Å². The van der Waals surface area contributed by atoms with Gasteiger partial charge in [-0.3, -0.25) is 0 Å². The SMILES string of the molecule is CCCN(CCC)c1ccc(/C=N/OC(=O)c2ccc(C)cc2)cc1. The van der Waals surface area contributed by atoms with Crippen LogP contribution in [0.15, 0.2) is 53.7 Å². The molecule has 0 aliphatic rings. The van der Waals surface area contributed by atoms with Crippen molar-refractivity contribution >= 4 is 17.9 Å². The molecule has 0 radical (unpaired) electrons. The van der Waals surface area contributed by atoms with E-state index in [4.69, 9.17) is 4.84 Å². The highest BCUT2D eigenvalue weighted by Crippen LogP contribution is 2.15. The average molecular weight is 338 g/mol. The molecule has 25 heavy (non-hydrogen) atoms. The number of hydrogen-bond donors (Lipinski definition) is 0. The van der Waals surface area contributed by atoms with Gasteiger partial charge < -0.3 is 9.74 Å². The van der Waals surface area contributed by atoms with Gasteiger partial charge >= 0.3 is 5.97 Å². The topological polar surface area (TPSA) is 41.9 Å². The third-order valence-electron chi connectivity index (χ3n) is 3.87. The van der Waals surface area contributed by atoms with Crippen molar-refractivity contribution in [2.24, 2.45) is 5.16 Å². The maximum atomic E-state index is 11.9. The van der Waals surface area contributed by atoms with Crippen molar-refractivity contribution < 1.29 is 9.63 Å². The van der Waals surface area contributed by atoms with E-state index in [0.29, 0.717) is 5.56 Å². The lowest BCUT2D eigenvalue weighted by Gasteiger charge is -2.23. The maximum absolute atomic E-state index is 11.9. The summed E-state index contributed by atoms with van der Waals surface area (Å²) in [5.74, 6) is -0.454. The minimum absolute atomic E-state index is 0.454. The standard InChI is InChI=1S/C21H26N2O2/c1-4-14-23(15-5-2)20-12-8-18(9-13-20)16-22-25-21(24)19-10-6-17(3)7-11-19/h6-13,16H,4-5,14-15H2,1-3H3/b22-16+. The number of hydrogen-bond acceptors (Lipinski definition) is 4. The Hall–Kier alpha value is -2.62. The third-order valence-corrected chi connectivity index (χ3v) is 3.87. The monoisotopic (exact) mass is 338 g/mol. The normalized spacial score (nSPS) is 10.8. The molecule has 0 spiro atoms. The Bertz CT molecular complexity index is 685. The van der Waals surface area contributed by atoms with E-state index in [-0.39, 0.29) is 0 Å². The van der Waals surface area contributed by atoms with Crippen molar-refractivity contribution in [2.75, 3.05) is 18.0 Å². The second kappa shape index (κ2) is 9.62.